The van der Waals surface area contributed by atoms with E-state index in [0.29, 0.717) is 6.04 Å². The van der Waals surface area contributed by atoms with Crippen LogP contribution >= 0.6 is 0 Å². The average Bonchev–Trinajstić information content (AvgIpc) is 2.85. The van der Waals surface area contributed by atoms with Crippen molar-refractivity contribution in [2.45, 2.75) is 18.9 Å². The number of ether oxygens (including phenoxy) is 1. The quantitative estimate of drug-likeness (QED) is 0.819. The van der Waals surface area contributed by atoms with Gasteiger partial charge in [-0.05, 0) is 31.5 Å². The predicted molar refractivity (Wildman–Crippen MR) is 66.7 cm³/mol. The van der Waals surface area contributed by atoms with E-state index in [1.165, 1.54) is 5.69 Å². The van der Waals surface area contributed by atoms with Crippen LogP contribution in [-0.2, 0) is 4.74 Å². The van der Waals surface area contributed by atoms with Gasteiger partial charge in [-0.25, -0.2) is 0 Å². The van der Waals surface area contributed by atoms with Gasteiger partial charge in [-0.3, -0.25) is 0 Å². The number of hydrogen-bond donors (Lipinski definition) is 1. The molecule has 16 heavy (non-hydrogen) atoms. The van der Waals surface area contributed by atoms with Crippen LogP contribution in [0.3, 0.4) is 0 Å². The van der Waals surface area contributed by atoms with Crippen molar-refractivity contribution < 1.29 is 4.74 Å². The molecule has 1 atom stereocenters. The summed E-state index contributed by atoms with van der Waals surface area (Å²) < 4.78 is 5.47. The molecule has 1 aromatic carbocycles. The molecule has 0 bridgehead atoms. The van der Waals surface area contributed by atoms with E-state index < -0.39 is 0 Å². The highest BCUT2D eigenvalue weighted by atomic mass is 16.5. The SMILES string of the molecule is NCCCN(c1ccccc1)C1CCOC1. The highest BCUT2D eigenvalue weighted by Crippen LogP contribution is 2.21. The summed E-state index contributed by atoms with van der Waals surface area (Å²) >= 11 is 0. The van der Waals surface area contributed by atoms with Gasteiger partial charge >= 0.3 is 0 Å². The zero-order valence-corrected chi connectivity index (χ0v) is 9.64. The Labute approximate surface area is 97.2 Å². The normalized spacial score (nSPS) is 19.9. The van der Waals surface area contributed by atoms with Crippen LogP contribution in [0.4, 0.5) is 5.69 Å². The lowest BCUT2D eigenvalue weighted by Crippen LogP contribution is -2.37. The van der Waals surface area contributed by atoms with Gasteiger partial charge < -0.3 is 15.4 Å². The van der Waals surface area contributed by atoms with Gasteiger partial charge in [0.15, 0.2) is 0 Å². The Bertz CT molecular complexity index is 296. The Hall–Kier alpha value is -1.06. The molecule has 2 rings (SSSR count). The Balaban J connectivity index is 2.07. The van der Waals surface area contributed by atoms with Crippen molar-refractivity contribution in [2.75, 3.05) is 31.2 Å². The fourth-order valence-corrected chi connectivity index (χ4v) is 2.17. The van der Waals surface area contributed by atoms with Crippen molar-refractivity contribution in [3.63, 3.8) is 0 Å². The minimum absolute atomic E-state index is 0.522. The van der Waals surface area contributed by atoms with Gasteiger partial charge in [0, 0.05) is 18.8 Å². The Morgan fingerprint density at radius 1 is 1.31 bits per heavy atom. The Morgan fingerprint density at radius 3 is 2.75 bits per heavy atom. The second kappa shape index (κ2) is 5.87. The highest BCUT2D eigenvalue weighted by molar-refractivity contribution is 5.47. The summed E-state index contributed by atoms with van der Waals surface area (Å²) in [5, 5.41) is 0. The lowest BCUT2D eigenvalue weighted by atomic mass is 10.1. The van der Waals surface area contributed by atoms with E-state index in [1.54, 1.807) is 0 Å². The Kier molecular flexibility index (Phi) is 4.19. The van der Waals surface area contributed by atoms with Crippen LogP contribution in [0.1, 0.15) is 12.8 Å². The third kappa shape index (κ3) is 2.74. The van der Waals surface area contributed by atoms with E-state index in [0.717, 1.165) is 39.1 Å². The fraction of sp³-hybridized carbons (Fsp3) is 0.538. The minimum atomic E-state index is 0.522. The number of benzene rings is 1. The van der Waals surface area contributed by atoms with Crippen molar-refractivity contribution in [1.82, 2.24) is 0 Å². The molecular formula is C13H20N2O. The summed E-state index contributed by atoms with van der Waals surface area (Å²) in [6, 6.07) is 11.1. The monoisotopic (exact) mass is 220 g/mol. The molecule has 2 N–H and O–H groups in total. The maximum absolute atomic E-state index is 5.60. The molecule has 1 fully saturated rings. The topological polar surface area (TPSA) is 38.5 Å². The molecule has 1 heterocycles. The summed E-state index contributed by atoms with van der Waals surface area (Å²) in [6.07, 6.45) is 2.16. The van der Waals surface area contributed by atoms with E-state index in [2.05, 4.69) is 35.2 Å². The molecule has 88 valence electrons. The molecular weight excluding hydrogens is 200 g/mol. The third-order valence-electron chi connectivity index (χ3n) is 3.04. The maximum Gasteiger partial charge on any atom is 0.0670 e. The average molecular weight is 220 g/mol. The lowest BCUT2D eigenvalue weighted by Gasteiger charge is -2.30. The molecule has 1 saturated heterocycles. The largest absolute Gasteiger partial charge is 0.379 e. The van der Waals surface area contributed by atoms with Crippen molar-refractivity contribution >= 4 is 5.69 Å². The molecule has 0 radical (unpaired) electrons. The first-order chi connectivity index (χ1) is 7.92. The van der Waals surface area contributed by atoms with Gasteiger partial charge in [0.1, 0.15) is 0 Å². The number of nitrogens with zero attached hydrogens (tertiary/aromatic N) is 1. The van der Waals surface area contributed by atoms with Gasteiger partial charge in [0.2, 0.25) is 0 Å². The highest BCUT2D eigenvalue weighted by Gasteiger charge is 2.22. The first kappa shape index (κ1) is 11.4. The number of nitrogens with two attached hydrogens (primary N) is 1. The zero-order chi connectivity index (χ0) is 11.2. The number of hydrogen-bond acceptors (Lipinski definition) is 3. The van der Waals surface area contributed by atoms with Crippen molar-refractivity contribution in [3.05, 3.63) is 30.3 Å². The van der Waals surface area contributed by atoms with Crippen LogP contribution < -0.4 is 10.6 Å². The van der Waals surface area contributed by atoms with Gasteiger partial charge in [-0.15, -0.1) is 0 Å². The number of para-hydroxylation sites is 1. The van der Waals surface area contributed by atoms with Crippen molar-refractivity contribution in [2.24, 2.45) is 5.73 Å². The Morgan fingerprint density at radius 2 is 2.12 bits per heavy atom. The molecule has 0 amide bonds. The van der Waals surface area contributed by atoms with Crippen LogP contribution in [0.2, 0.25) is 0 Å². The summed E-state index contributed by atoms with van der Waals surface area (Å²) in [7, 11) is 0. The molecule has 1 aliphatic rings. The maximum atomic E-state index is 5.60. The van der Waals surface area contributed by atoms with E-state index in [4.69, 9.17) is 10.5 Å². The van der Waals surface area contributed by atoms with Gasteiger partial charge in [0.25, 0.3) is 0 Å². The predicted octanol–water partition coefficient (Wildman–Crippen LogP) is 1.63. The van der Waals surface area contributed by atoms with Gasteiger partial charge in [-0.2, -0.15) is 0 Å². The second-order valence-electron chi connectivity index (χ2n) is 4.19. The van der Waals surface area contributed by atoms with Crippen molar-refractivity contribution in [3.8, 4) is 0 Å². The molecule has 1 unspecified atom stereocenters. The fourth-order valence-electron chi connectivity index (χ4n) is 2.17. The lowest BCUT2D eigenvalue weighted by molar-refractivity contribution is 0.193. The zero-order valence-electron chi connectivity index (χ0n) is 9.64. The first-order valence-electron chi connectivity index (χ1n) is 6.01. The summed E-state index contributed by atoms with van der Waals surface area (Å²) in [6.45, 7) is 3.50. The van der Waals surface area contributed by atoms with E-state index in [9.17, 15) is 0 Å². The first-order valence-corrected chi connectivity index (χ1v) is 6.01. The van der Waals surface area contributed by atoms with Crippen LogP contribution in [0, 0.1) is 0 Å². The van der Waals surface area contributed by atoms with Crippen LogP contribution in [0.15, 0.2) is 30.3 Å². The molecule has 1 aliphatic heterocycles. The second-order valence-corrected chi connectivity index (χ2v) is 4.19. The van der Waals surface area contributed by atoms with Gasteiger partial charge in [0.05, 0.1) is 12.6 Å². The van der Waals surface area contributed by atoms with Gasteiger partial charge in [-0.1, -0.05) is 18.2 Å². The molecule has 3 heteroatoms. The molecule has 0 spiro atoms. The standard InChI is InChI=1S/C13H20N2O/c14-8-4-9-15(13-7-10-16-11-13)12-5-2-1-3-6-12/h1-3,5-6,13H,4,7-11,14H2. The van der Waals surface area contributed by atoms with E-state index in [1.807, 2.05) is 0 Å². The summed E-state index contributed by atoms with van der Waals surface area (Å²) in [5.74, 6) is 0. The molecule has 0 aromatic heterocycles. The minimum Gasteiger partial charge on any atom is -0.379 e. The third-order valence-corrected chi connectivity index (χ3v) is 3.04. The van der Waals surface area contributed by atoms with E-state index in [-0.39, 0.29) is 0 Å². The summed E-state index contributed by atoms with van der Waals surface area (Å²) in [5.41, 5.74) is 6.88. The van der Waals surface area contributed by atoms with E-state index >= 15 is 0 Å². The number of rotatable bonds is 5. The molecule has 0 aliphatic carbocycles. The van der Waals surface area contributed by atoms with Crippen molar-refractivity contribution in [1.29, 1.82) is 0 Å². The summed E-state index contributed by atoms with van der Waals surface area (Å²) in [4.78, 5) is 2.43. The van der Waals surface area contributed by atoms with Crippen LogP contribution in [0.5, 0.6) is 0 Å². The smallest absolute Gasteiger partial charge is 0.0670 e. The van der Waals surface area contributed by atoms with Crippen LogP contribution in [-0.4, -0.2) is 32.3 Å². The molecule has 0 saturated carbocycles. The molecule has 3 nitrogen and oxygen atoms in total. The number of anilines is 1. The molecule has 1 aromatic rings. The van der Waals surface area contributed by atoms with Crippen LogP contribution in [0.25, 0.3) is 0 Å².